The van der Waals surface area contributed by atoms with Crippen LogP contribution in [0.4, 0.5) is 0 Å². The van der Waals surface area contributed by atoms with E-state index in [1.54, 1.807) is 0 Å². The molecule has 1 aliphatic carbocycles. The molecule has 1 fully saturated rings. The molecule has 0 atom stereocenters. The Morgan fingerprint density at radius 2 is 1.90 bits per heavy atom. The van der Waals surface area contributed by atoms with Gasteiger partial charge in [0.05, 0.1) is 0 Å². The zero-order chi connectivity index (χ0) is 14.7. The zero-order valence-electron chi connectivity index (χ0n) is 13.0. The summed E-state index contributed by atoms with van der Waals surface area (Å²) in [7, 11) is 2.00. The highest BCUT2D eigenvalue weighted by Crippen LogP contribution is 2.24. The molecule has 3 heteroatoms. The monoisotopic (exact) mass is 286 g/mol. The number of likely N-dealkylation sites (tertiary alicyclic amines) is 1. The van der Waals surface area contributed by atoms with Crippen LogP contribution in [-0.2, 0) is 12.8 Å². The molecule has 0 aromatic heterocycles. The molecular weight excluding hydrogens is 260 g/mol. The number of hydrogen-bond acceptors (Lipinski definition) is 2. The Labute approximate surface area is 127 Å². The fourth-order valence-electron chi connectivity index (χ4n) is 3.68. The van der Waals surface area contributed by atoms with E-state index in [9.17, 15) is 4.79 Å². The third kappa shape index (κ3) is 3.29. The molecule has 1 aromatic rings. The number of piperidine rings is 1. The van der Waals surface area contributed by atoms with Crippen LogP contribution in [0, 0.1) is 5.92 Å². The highest BCUT2D eigenvalue weighted by molar-refractivity contribution is 5.94. The summed E-state index contributed by atoms with van der Waals surface area (Å²) in [4.78, 5) is 14.7. The van der Waals surface area contributed by atoms with Crippen LogP contribution in [0.15, 0.2) is 18.2 Å². The molecule has 1 N–H and O–H groups in total. The van der Waals surface area contributed by atoms with Crippen LogP contribution < -0.4 is 5.32 Å². The number of amides is 1. The van der Waals surface area contributed by atoms with E-state index < -0.39 is 0 Å². The molecule has 0 bridgehead atoms. The van der Waals surface area contributed by atoms with Gasteiger partial charge in [0.1, 0.15) is 0 Å². The van der Waals surface area contributed by atoms with Crippen molar-refractivity contribution < 1.29 is 4.79 Å². The summed E-state index contributed by atoms with van der Waals surface area (Å²) in [6, 6.07) is 6.36. The standard InChI is InChI=1S/C18H26N2O/c1-19-13-14-8-10-20(11-9-14)18(21)17-7-6-15-4-2-3-5-16(15)12-17/h6-7,12,14,19H,2-5,8-11,13H2,1H3. The molecule has 1 amide bonds. The smallest absolute Gasteiger partial charge is 0.253 e. The highest BCUT2D eigenvalue weighted by Gasteiger charge is 2.23. The van der Waals surface area contributed by atoms with Gasteiger partial charge in [-0.25, -0.2) is 0 Å². The number of nitrogens with zero attached hydrogens (tertiary/aromatic N) is 1. The molecule has 1 saturated heterocycles. The van der Waals surface area contributed by atoms with Crippen molar-refractivity contribution in [1.82, 2.24) is 10.2 Å². The molecule has 1 heterocycles. The molecule has 114 valence electrons. The Hall–Kier alpha value is -1.35. The summed E-state index contributed by atoms with van der Waals surface area (Å²) in [5.74, 6) is 0.953. The quantitative estimate of drug-likeness (QED) is 0.926. The number of carbonyl (C=O) groups is 1. The van der Waals surface area contributed by atoms with Gasteiger partial charge in [-0.2, -0.15) is 0 Å². The summed E-state index contributed by atoms with van der Waals surface area (Å²) in [5, 5.41) is 3.24. The second-order valence-electron chi connectivity index (χ2n) is 6.48. The number of carbonyl (C=O) groups excluding carboxylic acids is 1. The van der Waals surface area contributed by atoms with Crippen molar-refractivity contribution in [2.75, 3.05) is 26.7 Å². The van der Waals surface area contributed by atoms with Gasteiger partial charge in [0, 0.05) is 18.7 Å². The summed E-state index contributed by atoms with van der Waals surface area (Å²) < 4.78 is 0. The van der Waals surface area contributed by atoms with E-state index in [-0.39, 0.29) is 5.91 Å². The number of rotatable bonds is 3. The van der Waals surface area contributed by atoms with Crippen molar-refractivity contribution in [2.24, 2.45) is 5.92 Å². The topological polar surface area (TPSA) is 32.3 Å². The predicted molar refractivity (Wildman–Crippen MR) is 85.6 cm³/mol. The predicted octanol–water partition coefficient (Wildman–Crippen LogP) is 2.64. The van der Waals surface area contributed by atoms with E-state index >= 15 is 0 Å². The minimum absolute atomic E-state index is 0.228. The van der Waals surface area contributed by atoms with Crippen molar-refractivity contribution in [3.63, 3.8) is 0 Å². The van der Waals surface area contributed by atoms with E-state index in [4.69, 9.17) is 0 Å². The van der Waals surface area contributed by atoms with E-state index in [1.807, 2.05) is 18.0 Å². The normalized spacial score (nSPS) is 19.4. The minimum atomic E-state index is 0.228. The molecule has 2 aliphatic rings. The van der Waals surface area contributed by atoms with Gasteiger partial charge in [-0.1, -0.05) is 6.07 Å². The first-order valence-electron chi connectivity index (χ1n) is 8.33. The number of fused-ring (bicyclic) bond motifs is 1. The Morgan fingerprint density at radius 1 is 1.19 bits per heavy atom. The number of aryl methyl sites for hydroxylation is 2. The molecule has 0 radical (unpaired) electrons. The lowest BCUT2D eigenvalue weighted by Gasteiger charge is -2.32. The van der Waals surface area contributed by atoms with E-state index in [0.717, 1.165) is 50.4 Å². The molecule has 21 heavy (non-hydrogen) atoms. The Kier molecular flexibility index (Phi) is 4.59. The van der Waals surface area contributed by atoms with Gasteiger partial charge in [0.25, 0.3) is 5.91 Å². The second-order valence-corrected chi connectivity index (χ2v) is 6.48. The maximum Gasteiger partial charge on any atom is 0.253 e. The fraction of sp³-hybridized carbons (Fsp3) is 0.611. The van der Waals surface area contributed by atoms with Crippen LogP contribution in [0.5, 0.6) is 0 Å². The second kappa shape index (κ2) is 6.61. The molecular formula is C18H26N2O. The maximum absolute atomic E-state index is 12.7. The first-order valence-corrected chi connectivity index (χ1v) is 8.33. The average Bonchev–Trinajstić information content (AvgIpc) is 2.55. The van der Waals surface area contributed by atoms with Crippen molar-refractivity contribution >= 4 is 5.91 Å². The Morgan fingerprint density at radius 3 is 2.62 bits per heavy atom. The van der Waals surface area contributed by atoms with Crippen molar-refractivity contribution in [2.45, 2.75) is 38.5 Å². The molecule has 0 spiro atoms. The van der Waals surface area contributed by atoms with E-state index in [0.29, 0.717) is 0 Å². The molecule has 1 aromatic carbocycles. The van der Waals surface area contributed by atoms with Crippen LogP contribution >= 0.6 is 0 Å². The summed E-state index contributed by atoms with van der Waals surface area (Å²) in [6.45, 7) is 2.88. The van der Waals surface area contributed by atoms with Crippen molar-refractivity contribution in [3.8, 4) is 0 Å². The average molecular weight is 286 g/mol. The Bertz CT molecular complexity index is 504. The first kappa shape index (κ1) is 14.6. The van der Waals surface area contributed by atoms with Gasteiger partial charge in [0.2, 0.25) is 0 Å². The fourth-order valence-corrected chi connectivity index (χ4v) is 3.68. The number of nitrogens with one attached hydrogen (secondary N) is 1. The van der Waals surface area contributed by atoms with Crippen LogP contribution in [0.3, 0.4) is 0 Å². The summed E-state index contributed by atoms with van der Waals surface area (Å²) >= 11 is 0. The van der Waals surface area contributed by atoms with Gasteiger partial charge in [-0.3, -0.25) is 4.79 Å². The molecule has 1 aliphatic heterocycles. The van der Waals surface area contributed by atoms with Gasteiger partial charge < -0.3 is 10.2 Å². The number of benzene rings is 1. The summed E-state index contributed by atoms with van der Waals surface area (Å²) in [6.07, 6.45) is 7.12. The lowest BCUT2D eigenvalue weighted by molar-refractivity contribution is 0.0691. The van der Waals surface area contributed by atoms with Crippen molar-refractivity contribution in [3.05, 3.63) is 34.9 Å². The largest absolute Gasteiger partial charge is 0.339 e. The number of hydrogen-bond donors (Lipinski definition) is 1. The third-order valence-corrected chi connectivity index (χ3v) is 4.99. The van der Waals surface area contributed by atoms with Gasteiger partial charge in [0.15, 0.2) is 0 Å². The van der Waals surface area contributed by atoms with E-state index in [1.165, 1.54) is 30.4 Å². The highest BCUT2D eigenvalue weighted by atomic mass is 16.2. The van der Waals surface area contributed by atoms with E-state index in [2.05, 4.69) is 17.4 Å². The Balaban J connectivity index is 1.66. The molecule has 3 rings (SSSR count). The molecule has 0 saturated carbocycles. The first-order chi connectivity index (χ1) is 10.3. The van der Waals surface area contributed by atoms with Gasteiger partial charge in [-0.15, -0.1) is 0 Å². The van der Waals surface area contributed by atoms with Gasteiger partial charge >= 0.3 is 0 Å². The maximum atomic E-state index is 12.7. The molecule has 3 nitrogen and oxygen atoms in total. The van der Waals surface area contributed by atoms with Crippen LogP contribution in [0.1, 0.15) is 47.2 Å². The third-order valence-electron chi connectivity index (χ3n) is 4.99. The summed E-state index contributed by atoms with van der Waals surface area (Å²) in [5.41, 5.74) is 3.74. The van der Waals surface area contributed by atoms with Crippen LogP contribution in [-0.4, -0.2) is 37.5 Å². The zero-order valence-corrected chi connectivity index (χ0v) is 13.0. The SMILES string of the molecule is CNCC1CCN(C(=O)c2ccc3c(c2)CCCC3)CC1. The minimum Gasteiger partial charge on any atom is -0.339 e. The van der Waals surface area contributed by atoms with Crippen LogP contribution in [0.25, 0.3) is 0 Å². The van der Waals surface area contributed by atoms with Crippen LogP contribution in [0.2, 0.25) is 0 Å². The van der Waals surface area contributed by atoms with Gasteiger partial charge in [-0.05, 0) is 81.3 Å². The lowest BCUT2D eigenvalue weighted by atomic mass is 9.90. The molecule has 0 unspecified atom stereocenters. The lowest BCUT2D eigenvalue weighted by Crippen LogP contribution is -2.40. The van der Waals surface area contributed by atoms with Crippen molar-refractivity contribution in [1.29, 1.82) is 0 Å².